The molecule has 1 N–H and O–H groups in total. The maximum atomic E-state index is 11.6. The zero-order chi connectivity index (χ0) is 17.3. The summed E-state index contributed by atoms with van der Waals surface area (Å²) in [5, 5.41) is 7.54. The molecule has 124 valence electrons. The topological polar surface area (TPSA) is 33.1 Å². The zero-order valence-corrected chi connectivity index (χ0v) is 14.7. The van der Waals surface area contributed by atoms with Crippen molar-refractivity contribution >= 4 is 21.6 Å². The molecule has 0 aliphatic heterocycles. The molecule has 0 radical (unpaired) electrons. The standard InChI is InChI=1S/C8H14BrN.C8H7F3O/c1-4-5-7(9)8(10)6(2)3;1-6-2-4-7(5-3-6)12-8(9,10)11/h5-6,10H,4H2,1-3H3;2-5H,1H3/b7-5+,10-8?;. The summed E-state index contributed by atoms with van der Waals surface area (Å²) in [6, 6.07) is 5.67. The van der Waals surface area contributed by atoms with Crippen LogP contribution in [0.15, 0.2) is 34.8 Å². The van der Waals surface area contributed by atoms with Gasteiger partial charge in [0.25, 0.3) is 0 Å². The summed E-state index contributed by atoms with van der Waals surface area (Å²) in [5.74, 6) is 0.130. The first-order valence-electron chi connectivity index (χ1n) is 6.83. The molecule has 22 heavy (non-hydrogen) atoms. The molecule has 0 aliphatic carbocycles. The van der Waals surface area contributed by atoms with Gasteiger partial charge in [-0.1, -0.05) is 44.5 Å². The summed E-state index contributed by atoms with van der Waals surface area (Å²) in [6.45, 7) is 7.90. The first-order valence-corrected chi connectivity index (χ1v) is 7.63. The lowest BCUT2D eigenvalue weighted by atomic mass is 10.1. The van der Waals surface area contributed by atoms with E-state index in [1.165, 1.54) is 12.1 Å². The second kappa shape index (κ2) is 9.66. The molecule has 1 aromatic rings. The molecule has 6 heteroatoms. The van der Waals surface area contributed by atoms with Gasteiger partial charge in [0, 0.05) is 10.2 Å². The molecule has 0 aromatic heterocycles. The quantitative estimate of drug-likeness (QED) is 0.616. The third kappa shape index (κ3) is 9.60. The number of nitrogens with one attached hydrogen (secondary N) is 1. The first kappa shape index (κ1) is 20.7. The lowest BCUT2D eigenvalue weighted by molar-refractivity contribution is -0.274. The van der Waals surface area contributed by atoms with E-state index in [2.05, 4.69) is 27.6 Å². The van der Waals surface area contributed by atoms with E-state index in [9.17, 15) is 13.2 Å². The number of halogens is 4. The van der Waals surface area contributed by atoms with Crippen LogP contribution in [0.25, 0.3) is 0 Å². The maximum absolute atomic E-state index is 11.6. The number of hydrogen-bond donors (Lipinski definition) is 1. The molecule has 0 aliphatic rings. The highest BCUT2D eigenvalue weighted by molar-refractivity contribution is 9.12. The summed E-state index contributed by atoms with van der Waals surface area (Å²) in [4.78, 5) is 0. The third-order valence-corrected chi connectivity index (χ3v) is 3.22. The highest BCUT2D eigenvalue weighted by Crippen LogP contribution is 2.22. The van der Waals surface area contributed by atoms with Crippen molar-refractivity contribution in [3.05, 3.63) is 40.4 Å². The Labute approximate surface area is 138 Å². The van der Waals surface area contributed by atoms with Gasteiger partial charge in [0.2, 0.25) is 0 Å². The van der Waals surface area contributed by atoms with E-state index in [0.29, 0.717) is 11.6 Å². The van der Waals surface area contributed by atoms with Crippen LogP contribution in [0, 0.1) is 18.3 Å². The Balaban J connectivity index is 0.000000409. The highest BCUT2D eigenvalue weighted by Gasteiger charge is 2.30. The molecule has 0 atom stereocenters. The fraction of sp³-hybridized carbons (Fsp3) is 0.438. The average molecular weight is 380 g/mol. The van der Waals surface area contributed by atoms with Crippen LogP contribution in [0.4, 0.5) is 13.2 Å². The predicted molar refractivity (Wildman–Crippen MR) is 87.7 cm³/mol. The monoisotopic (exact) mass is 379 g/mol. The summed E-state index contributed by atoms with van der Waals surface area (Å²) < 4.78 is 39.5. The van der Waals surface area contributed by atoms with Gasteiger partial charge in [-0.2, -0.15) is 0 Å². The summed E-state index contributed by atoms with van der Waals surface area (Å²) in [7, 11) is 0. The lowest BCUT2D eigenvalue weighted by Crippen LogP contribution is -2.16. The number of aryl methyl sites for hydroxylation is 1. The van der Waals surface area contributed by atoms with E-state index in [-0.39, 0.29) is 5.75 Å². The fourth-order valence-electron chi connectivity index (χ4n) is 1.30. The van der Waals surface area contributed by atoms with Crippen molar-refractivity contribution in [3.8, 4) is 5.75 Å². The van der Waals surface area contributed by atoms with Crippen molar-refractivity contribution in [1.82, 2.24) is 0 Å². The largest absolute Gasteiger partial charge is 0.573 e. The van der Waals surface area contributed by atoms with Gasteiger partial charge in [-0.3, -0.25) is 0 Å². The summed E-state index contributed by atoms with van der Waals surface area (Å²) in [6.07, 6.45) is -1.60. The Bertz CT molecular complexity index is 493. The third-order valence-electron chi connectivity index (χ3n) is 2.47. The second-order valence-electron chi connectivity index (χ2n) is 4.89. The van der Waals surface area contributed by atoms with Gasteiger partial charge >= 0.3 is 6.36 Å². The summed E-state index contributed by atoms with van der Waals surface area (Å²) in [5.41, 5.74) is 1.58. The maximum Gasteiger partial charge on any atom is 0.573 e. The SMILES string of the molecule is CC/C=C(/Br)C(=N)C(C)C.Cc1ccc(OC(F)(F)F)cc1. The molecule has 0 fully saturated rings. The predicted octanol–water partition coefficient (Wildman–Crippen LogP) is 6.24. The molecular weight excluding hydrogens is 359 g/mol. The van der Waals surface area contributed by atoms with Crippen molar-refractivity contribution < 1.29 is 17.9 Å². The van der Waals surface area contributed by atoms with E-state index in [4.69, 9.17) is 5.41 Å². The lowest BCUT2D eigenvalue weighted by Gasteiger charge is -2.08. The van der Waals surface area contributed by atoms with Crippen molar-refractivity contribution in [1.29, 1.82) is 5.41 Å². The van der Waals surface area contributed by atoms with E-state index < -0.39 is 6.36 Å². The van der Waals surface area contributed by atoms with Crippen LogP contribution in [0.1, 0.15) is 32.8 Å². The fourth-order valence-corrected chi connectivity index (χ4v) is 2.09. The normalized spacial score (nSPS) is 11.8. The number of benzene rings is 1. The van der Waals surface area contributed by atoms with Crippen LogP contribution in [-0.2, 0) is 0 Å². The Morgan fingerprint density at radius 3 is 2.14 bits per heavy atom. The van der Waals surface area contributed by atoms with Gasteiger partial charge in [-0.15, -0.1) is 13.2 Å². The van der Waals surface area contributed by atoms with Gasteiger partial charge < -0.3 is 10.1 Å². The Morgan fingerprint density at radius 2 is 1.77 bits per heavy atom. The van der Waals surface area contributed by atoms with Crippen LogP contribution >= 0.6 is 15.9 Å². The average Bonchev–Trinajstić information content (AvgIpc) is 2.40. The van der Waals surface area contributed by atoms with Gasteiger partial charge in [-0.25, -0.2) is 0 Å². The van der Waals surface area contributed by atoms with Gasteiger partial charge in [0.15, 0.2) is 0 Å². The molecule has 0 unspecified atom stereocenters. The zero-order valence-electron chi connectivity index (χ0n) is 13.1. The van der Waals surface area contributed by atoms with E-state index in [1.807, 2.05) is 19.9 Å². The van der Waals surface area contributed by atoms with Gasteiger partial charge in [0.05, 0.1) is 0 Å². The van der Waals surface area contributed by atoms with Crippen molar-refractivity contribution in [3.63, 3.8) is 0 Å². The van der Waals surface area contributed by atoms with Crippen LogP contribution in [0.2, 0.25) is 0 Å². The smallest absolute Gasteiger partial charge is 0.406 e. The number of allylic oxidation sites excluding steroid dienone is 2. The molecular formula is C16H21BrF3NO. The number of hydrogen-bond acceptors (Lipinski definition) is 2. The van der Waals surface area contributed by atoms with Crippen LogP contribution in [-0.4, -0.2) is 12.1 Å². The van der Waals surface area contributed by atoms with Crippen molar-refractivity contribution in [2.24, 2.45) is 5.92 Å². The van der Waals surface area contributed by atoms with E-state index in [1.54, 1.807) is 19.1 Å². The van der Waals surface area contributed by atoms with Crippen LogP contribution in [0.5, 0.6) is 5.75 Å². The minimum absolute atomic E-state index is 0.187. The number of ether oxygens (including phenoxy) is 1. The van der Waals surface area contributed by atoms with Crippen LogP contribution < -0.4 is 4.74 Å². The molecule has 0 saturated heterocycles. The van der Waals surface area contributed by atoms with Gasteiger partial charge in [-0.05, 0) is 47.3 Å². The minimum Gasteiger partial charge on any atom is -0.406 e. The van der Waals surface area contributed by atoms with Gasteiger partial charge in [0.1, 0.15) is 5.75 Å². The number of alkyl halides is 3. The molecule has 1 rings (SSSR count). The highest BCUT2D eigenvalue weighted by atomic mass is 79.9. The first-order chi connectivity index (χ1) is 10.1. The van der Waals surface area contributed by atoms with Crippen molar-refractivity contribution in [2.45, 2.75) is 40.5 Å². The van der Waals surface area contributed by atoms with Crippen molar-refractivity contribution in [2.75, 3.05) is 0 Å². The number of rotatable bonds is 4. The molecule has 0 heterocycles. The molecule has 0 bridgehead atoms. The van der Waals surface area contributed by atoms with E-state index in [0.717, 1.165) is 16.5 Å². The minimum atomic E-state index is -4.60. The van der Waals surface area contributed by atoms with Crippen LogP contribution in [0.3, 0.4) is 0 Å². The molecule has 2 nitrogen and oxygen atoms in total. The molecule has 0 saturated carbocycles. The molecule has 1 aromatic carbocycles. The second-order valence-corrected chi connectivity index (χ2v) is 5.74. The Hall–Kier alpha value is -1.30. The Kier molecular flexibility index (Phi) is 9.09. The Morgan fingerprint density at radius 1 is 1.27 bits per heavy atom. The van der Waals surface area contributed by atoms with E-state index >= 15 is 0 Å². The molecule has 0 spiro atoms. The summed E-state index contributed by atoms with van der Waals surface area (Å²) >= 11 is 3.34. The molecule has 0 amide bonds.